The van der Waals surface area contributed by atoms with E-state index < -0.39 is 5.91 Å². The highest BCUT2D eigenvalue weighted by Crippen LogP contribution is 2.12. The third-order valence-electron chi connectivity index (χ3n) is 4.50. The number of amides is 2. The largest absolute Gasteiger partial charge is 0.454 e. The maximum absolute atomic E-state index is 12.1. The Kier molecular flexibility index (Phi) is 6.44. The number of nitrogens with one attached hydrogen (secondary N) is 3. The van der Waals surface area contributed by atoms with Gasteiger partial charge in [0.15, 0.2) is 5.76 Å². The van der Waals surface area contributed by atoms with Gasteiger partial charge in [-0.2, -0.15) is 0 Å². The fraction of sp³-hybridized carbons (Fsp3) is 0.350. The number of aromatic amines is 1. The molecule has 0 aliphatic carbocycles. The summed E-state index contributed by atoms with van der Waals surface area (Å²) in [5.74, 6) is 0.825. The van der Waals surface area contributed by atoms with E-state index in [2.05, 4.69) is 39.6 Å². The lowest BCUT2D eigenvalue weighted by atomic mass is 10.3. The molecular weight excluding hydrogens is 358 g/mol. The molecule has 0 atom stereocenters. The van der Waals surface area contributed by atoms with E-state index >= 15 is 0 Å². The maximum atomic E-state index is 12.1. The highest BCUT2D eigenvalue weighted by molar-refractivity contribution is 5.93. The molecule has 3 N–H and O–H groups in total. The van der Waals surface area contributed by atoms with Crippen LogP contribution in [0.1, 0.15) is 42.4 Å². The van der Waals surface area contributed by atoms with E-state index in [-0.39, 0.29) is 18.1 Å². The number of fused-ring (bicyclic) bond motifs is 1. The van der Waals surface area contributed by atoms with Crippen LogP contribution in [0, 0.1) is 0 Å². The van der Waals surface area contributed by atoms with E-state index in [9.17, 15) is 9.59 Å². The van der Waals surface area contributed by atoms with Crippen molar-refractivity contribution in [3.8, 4) is 0 Å². The number of imidazole rings is 1. The fourth-order valence-electron chi connectivity index (χ4n) is 2.86. The van der Waals surface area contributed by atoms with Gasteiger partial charge < -0.3 is 9.40 Å². The lowest BCUT2D eigenvalue weighted by Crippen LogP contribution is -2.41. The Morgan fingerprint density at radius 1 is 1.11 bits per heavy atom. The number of furan rings is 1. The van der Waals surface area contributed by atoms with Crippen LogP contribution in [-0.4, -0.2) is 39.8 Å². The van der Waals surface area contributed by atoms with Crippen molar-refractivity contribution in [2.75, 3.05) is 13.1 Å². The van der Waals surface area contributed by atoms with Gasteiger partial charge >= 0.3 is 5.91 Å². The van der Waals surface area contributed by atoms with E-state index in [1.807, 2.05) is 24.3 Å². The molecule has 1 aromatic carbocycles. The first-order valence-electron chi connectivity index (χ1n) is 9.43. The van der Waals surface area contributed by atoms with Gasteiger partial charge in [0.05, 0.1) is 17.6 Å². The van der Waals surface area contributed by atoms with Gasteiger partial charge in [0.2, 0.25) is 5.91 Å². The summed E-state index contributed by atoms with van der Waals surface area (Å²) in [6, 6.07) is 11.1. The SMILES string of the molecule is CCN(CC)Cc1ccc(C(=O)NNC(=O)CCc2nc3ccccc3[nH]2)o1. The Morgan fingerprint density at radius 2 is 1.89 bits per heavy atom. The van der Waals surface area contributed by atoms with Crippen molar-refractivity contribution in [2.45, 2.75) is 33.2 Å². The Labute approximate surface area is 163 Å². The Morgan fingerprint density at radius 3 is 2.64 bits per heavy atom. The van der Waals surface area contributed by atoms with Gasteiger partial charge in [0.1, 0.15) is 11.6 Å². The van der Waals surface area contributed by atoms with Crippen LogP contribution in [0.2, 0.25) is 0 Å². The summed E-state index contributed by atoms with van der Waals surface area (Å²) in [6.07, 6.45) is 0.649. The van der Waals surface area contributed by atoms with Crippen LogP contribution in [0.3, 0.4) is 0 Å². The molecule has 0 unspecified atom stereocenters. The molecule has 2 aromatic heterocycles. The van der Waals surface area contributed by atoms with Gasteiger partial charge in [-0.05, 0) is 37.4 Å². The number of benzene rings is 1. The number of aromatic nitrogens is 2. The average Bonchev–Trinajstić information content (AvgIpc) is 3.35. The van der Waals surface area contributed by atoms with Gasteiger partial charge in [-0.15, -0.1) is 0 Å². The molecule has 2 amide bonds. The van der Waals surface area contributed by atoms with Crippen LogP contribution >= 0.6 is 0 Å². The molecule has 0 spiro atoms. The summed E-state index contributed by atoms with van der Waals surface area (Å²) < 4.78 is 5.55. The molecule has 8 heteroatoms. The molecule has 0 aliphatic heterocycles. The summed E-state index contributed by atoms with van der Waals surface area (Å²) in [5.41, 5.74) is 6.59. The number of aryl methyl sites for hydroxylation is 1. The van der Waals surface area contributed by atoms with Gasteiger partial charge in [-0.3, -0.25) is 25.3 Å². The molecule has 0 fully saturated rings. The first-order chi connectivity index (χ1) is 13.6. The molecule has 148 valence electrons. The number of para-hydroxylation sites is 2. The third kappa shape index (κ3) is 4.98. The van der Waals surface area contributed by atoms with Crippen LogP contribution in [-0.2, 0) is 17.8 Å². The van der Waals surface area contributed by atoms with Gasteiger partial charge in [0.25, 0.3) is 0 Å². The first-order valence-corrected chi connectivity index (χ1v) is 9.43. The van der Waals surface area contributed by atoms with Crippen LogP contribution < -0.4 is 10.9 Å². The van der Waals surface area contributed by atoms with Crippen LogP contribution in [0.15, 0.2) is 40.8 Å². The Bertz CT molecular complexity index is 909. The number of hydrogen-bond donors (Lipinski definition) is 3. The summed E-state index contributed by atoms with van der Waals surface area (Å²) in [4.78, 5) is 33.9. The predicted molar refractivity (Wildman–Crippen MR) is 105 cm³/mol. The van der Waals surface area contributed by atoms with Crippen LogP contribution in [0.25, 0.3) is 11.0 Å². The minimum atomic E-state index is -0.483. The number of carbonyl (C=O) groups excluding carboxylic acids is 2. The van der Waals surface area contributed by atoms with E-state index in [0.29, 0.717) is 18.7 Å². The molecule has 8 nitrogen and oxygen atoms in total. The lowest BCUT2D eigenvalue weighted by molar-refractivity contribution is -0.121. The van der Waals surface area contributed by atoms with Crippen molar-refractivity contribution in [1.29, 1.82) is 0 Å². The fourth-order valence-corrected chi connectivity index (χ4v) is 2.86. The van der Waals surface area contributed by atoms with Crippen molar-refractivity contribution < 1.29 is 14.0 Å². The Balaban J connectivity index is 1.45. The minimum Gasteiger partial charge on any atom is -0.454 e. The molecule has 0 bridgehead atoms. The molecule has 0 radical (unpaired) electrons. The first kappa shape index (κ1) is 19.6. The van der Waals surface area contributed by atoms with Crippen molar-refractivity contribution >= 4 is 22.8 Å². The Hall–Kier alpha value is -3.13. The zero-order valence-corrected chi connectivity index (χ0v) is 16.1. The molecule has 0 saturated heterocycles. The molecule has 0 saturated carbocycles. The maximum Gasteiger partial charge on any atom is 0.305 e. The summed E-state index contributed by atoms with van der Waals surface area (Å²) in [5, 5.41) is 0. The lowest BCUT2D eigenvalue weighted by Gasteiger charge is -2.15. The number of carbonyl (C=O) groups is 2. The number of hydrogen-bond acceptors (Lipinski definition) is 5. The smallest absolute Gasteiger partial charge is 0.305 e. The zero-order chi connectivity index (χ0) is 19.9. The van der Waals surface area contributed by atoms with Gasteiger partial charge in [-0.1, -0.05) is 26.0 Å². The zero-order valence-electron chi connectivity index (χ0n) is 16.1. The van der Waals surface area contributed by atoms with Crippen LogP contribution in [0.5, 0.6) is 0 Å². The monoisotopic (exact) mass is 383 g/mol. The molecule has 28 heavy (non-hydrogen) atoms. The second kappa shape index (κ2) is 9.18. The summed E-state index contributed by atoms with van der Waals surface area (Å²) in [7, 11) is 0. The van der Waals surface area contributed by atoms with Crippen molar-refractivity contribution in [3.63, 3.8) is 0 Å². The number of nitrogens with zero attached hydrogens (tertiary/aromatic N) is 2. The van der Waals surface area contributed by atoms with E-state index in [4.69, 9.17) is 4.42 Å². The van der Waals surface area contributed by atoms with E-state index in [1.165, 1.54) is 0 Å². The number of hydrazine groups is 1. The van der Waals surface area contributed by atoms with Gasteiger partial charge in [-0.25, -0.2) is 4.98 Å². The van der Waals surface area contributed by atoms with E-state index in [1.54, 1.807) is 12.1 Å². The molecule has 3 aromatic rings. The second-order valence-corrected chi connectivity index (χ2v) is 6.43. The summed E-state index contributed by atoms with van der Waals surface area (Å²) >= 11 is 0. The number of H-pyrrole nitrogens is 1. The van der Waals surface area contributed by atoms with Crippen molar-refractivity contribution in [3.05, 3.63) is 53.7 Å². The topological polar surface area (TPSA) is 103 Å². The minimum absolute atomic E-state index is 0.166. The molecular formula is C20H25N5O3. The second-order valence-electron chi connectivity index (χ2n) is 6.43. The molecule has 0 aliphatic rings. The van der Waals surface area contributed by atoms with Crippen molar-refractivity contribution in [1.82, 2.24) is 25.7 Å². The number of rotatable bonds is 8. The molecule has 3 rings (SSSR count). The molecule has 2 heterocycles. The predicted octanol–water partition coefficient (Wildman–Crippen LogP) is 2.39. The normalized spacial score (nSPS) is 11.1. The highest BCUT2D eigenvalue weighted by Gasteiger charge is 2.14. The third-order valence-corrected chi connectivity index (χ3v) is 4.50. The standard InChI is InChI=1S/C20H25N5O3/c1-3-25(4-2)13-14-9-10-17(28-14)20(27)24-23-19(26)12-11-18-21-15-7-5-6-8-16(15)22-18/h5-10H,3-4,11-13H2,1-2H3,(H,21,22)(H,23,26)(H,24,27). The average molecular weight is 383 g/mol. The van der Waals surface area contributed by atoms with Crippen LogP contribution in [0.4, 0.5) is 0 Å². The quantitative estimate of drug-likeness (QED) is 0.518. The summed E-state index contributed by atoms with van der Waals surface area (Å²) in [6.45, 7) is 6.59. The van der Waals surface area contributed by atoms with Gasteiger partial charge in [0, 0.05) is 12.8 Å². The van der Waals surface area contributed by atoms with Crippen molar-refractivity contribution in [2.24, 2.45) is 0 Å². The highest BCUT2D eigenvalue weighted by atomic mass is 16.4. The van der Waals surface area contributed by atoms with E-state index in [0.717, 1.165) is 29.9 Å².